The van der Waals surface area contributed by atoms with Gasteiger partial charge in [-0.05, 0) is 42.5 Å². The van der Waals surface area contributed by atoms with Gasteiger partial charge >= 0.3 is 33.9 Å². The van der Waals surface area contributed by atoms with Gasteiger partial charge in [0.2, 0.25) is 0 Å². The van der Waals surface area contributed by atoms with Gasteiger partial charge in [0.05, 0.1) is 22.3 Å². The van der Waals surface area contributed by atoms with Crippen molar-refractivity contribution in [3.63, 3.8) is 0 Å². The molecule has 0 spiro atoms. The van der Waals surface area contributed by atoms with E-state index in [0.29, 0.717) is 0 Å². The van der Waals surface area contributed by atoms with E-state index in [9.17, 15) is 0 Å². The molecule has 0 saturated carbocycles. The Kier molecular flexibility index (Phi) is 17.5. The first-order valence-corrected chi connectivity index (χ1v) is 11.5. The first kappa shape index (κ1) is 30.3. The summed E-state index contributed by atoms with van der Waals surface area (Å²) in [6.07, 6.45) is 5.69. The van der Waals surface area contributed by atoms with Crippen LogP contribution < -0.4 is 14.7 Å². The molecule has 0 N–H and O–H groups in total. The smallest absolute Gasteiger partial charge is 0 e. The maximum absolute atomic E-state index is 7.50. The third-order valence-electron chi connectivity index (χ3n) is 4.12. The molecule has 0 saturated heterocycles. The summed E-state index contributed by atoms with van der Waals surface area (Å²) >= 11 is 0. The van der Waals surface area contributed by atoms with Crippen molar-refractivity contribution in [1.82, 2.24) is 0 Å². The Hall–Kier alpha value is -1.47. The molecule has 0 aliphatic heterocycles. The average molecular weight is 427 g/mol. The van der Waals surface area contributed by atoms with Crippen LogP contribution in [0.5, 0.6) is 11.5 Å². The van der Waals surface area contributed by atoms with E-state index in [-0.39, 0.29) is 17.4 Å². The fraction of sp³-hybridized carbons (Fsp3) is 0.450. The second kappa shape index (κ2) is 15.6. The second-order valence-electron chi connectivity index (χ2n) is 6.43. The Morgan fingerprint density at radius 1 is 0.926 bits per heavy atom. The maximum Gasteiger partial charge on any atom is 0 e. The monoisotopic (exact) mass is 426 g/mol. The fourth-order valence-corrected chi connectivity index (χ4v) is 4.55. The van der Waals surface area contributed by atoms with Crippen LogP contribution in [0.15, 0.2) is 12.1 Å². The van der Waals surface area contributed by atoms with Gasteiger partial charge in [-0.2, -0.15) is 0 Å². The van der Waals surface area contributed by atoms with E-state index in [0.717, 1.165) is 17.9 Å². The van der Waals surface area contributed by atoms with E-state index in [4.69, 9.17) is 23.4 Å². The molecule has 0 unspecified atom stereocenters. The Morgan fingerprint density at radius 2 is 1.41 bits per heavy atom. The third kappa shape index (κ3) is 7.58. The minimum absolute atomic E-state index is 0. The molecule has 0 amide bonds. The van der Waals surface area contributed by atoms with Crippen molar-refractivity contribution >= 4 is 18.8 Å². The zero-order chi connectivity index (χ0) is 20.9. The molecule has 27 heavy (non-hydrogen) atoms. The van der Waals surface area contributed by atoms with Crippen LogP contribution in [-0.2, 0) is 37.7 Å². The number of hydrogen-bond acceptors (Lipinski definition) is 2. The Morgan fingerprint density at radius 3 is 1.78 bits per heavy atom. The third-order valence-corrected chi connectivity index (χ3v) is 6.11. The average Bonchev–Trinajstić information content (AvgIpc) is 2.69. The van der Waals surface area contributed by atoms with Crippen LogP contribution in [0.2, 0.25) is 19.6 Å². The normalized spacial score (nSPS) is 12.8. The van der Waals surface area contributed by atoms with E-state index in [1.807, 2.05) is 0 Å². The van der Waals surface area contributed by atoms with Gasteiger partial charge in [-0.15, -0.1) is 0 Å². The first-order valence-electron chi connectivity index (χ1n) is 7.99. The number of fused-ring (bicyclic) bond motifs is 1. The van der Waals surface area contributed by atoms with Crippen molar-refractivity contribution in [3.05, 3.63) is 43.2 Å². The van der Waals surface area contributed by atoms with Crippen LogP contribution in [0, 0.1) is 20.0 Å². The van der Waals surface area contributed by atoms with E-state index < -0.39 is 8.07 Å². The van der Waals surface area contributed by atoms with Crippen molar-refractivity contribution in [1.29, 1.82) is 0 Å². The number of methoxy groups -OCH3 is 2. The van der Waals surface area contributed by atoms with Gasteiger partial charge in [0.25, 0.3) is 0 Å². The topological polar surface area (TPSA) is 78.2 Å². The van der Waals surface area contributed by atoms with E-state index in [1.165, 1.54) is 34.7 Å². The molecule has 0 fully saturated rings. The van der Waals surface area contributed by atoms with Gasteiger partial charge in [-0.25, -0.2) is 0 Å². The summed E-state index contributed by atoms with van der Waals surface area (Å²) in [5.41, 5.74) is 4.16. The Bertz CT molecular complexity index is 655. The number of hydrogen-bond donors (Lipinski definition) is 0. The van der Waals surface area contributed by atoms with Gasteiger partial charge in [0.15, 0.2) is 11.5 Å². The Labute approximate surface area is 174 Å². The molecule has 5 nitrogen and oxygen atoms in total. The quantitative estimate of drug-likeness (QED) is 0.418. The SMILES string of the molecule is C/C=C1\CCCc2c1cc([Si](C)(C)C)c(OC)c2OC.[C-]#[O+].[C-]#[O+].[C-]#[O+].[Cr]. The van der Waals surface area contributed by atoms with Crippen LogP contribution in [0.3, 0.4) is 0 Å². The number of rotatable bonds is 3. The standard InChI is InChI=1S/C17H26O2Si.3CO.Cr/c1-7-12-9-8-10-13-14(12)11-15(20(4,5)6)17(19-3)16(13)18-2;3*1-2;/h7,11H,8-10H2,1-6H3;;;;/b12-7+;;;;. The van der Waals surface area contributed by atoms with Gasteiger partial charge in [-0.1, -0.05) is 31.8 Å². The summed E-state index contributed by atoms with van der Waals surface area (Å²) in [5, 5.41) is 1.36. The molecule has 0 radical (unpaired) electrons. The molecule has 1 aromatic rings. The maximum atomic E-state index is 7.50. The first-order chi connectivity index (χ1) is 12.4. The summed E-state index contributed by atoms with van der Waals surface area (Å²) in [6.45, 7) is 22.7. The van der Waals surface area contributed by atoms with Crippen LogP contribution in [0.1, 0.15) is 30.9 Å². The minimum atomic E-state index is -1.48. The predicted molar refractivity (Wildman–Crippen MR) is 101 cm³/mol. The van der Waals surface area contributed by atoms with Crippen LogP contribution >= 0.6 is 0 Å². The molecular weight excluding hydrogens is 400 g/mol. The van der Waals surface area contributed by atoms with Crippen LogP contribution in [0.4, 0.5) is 0 Å². The van der Waals surface area contributed by atoms with Gasteiger partial charge < -0.3 is 9.47 Å². The number of allylic oxidation sites excluding steroid dienone is 2. The zero-order valence-corrected chi connectivity index (χ0v) is 19.0. The largest absolute Gasteiger partial charge is 0 e. The Balaban J connectivity index is -0.000000749. The molecule has 1 aromatic carbocycles. The van der Waals surface area contributed by atoms with E-state index in [1.54, 1.807) is 14.2 Å². The zero-order valence-electron chi connectivity index (χ0n) is 16.7. The van der Waals surface area contributed by atoms with Gasteiger partial charge in [0.1, 0.15) is 0 Å². The molecule has 0 heterocycles. The molecule has 0 aromatic heterocycles. The molecule has 1 aliphatic carbocycles. The van der Waals surface area contributed by atoms with Gasteiger partial charge in [-0.3, -0.25) is 0 Å². The molecule has 0 bridgehead atoms. The van der Waals surface area contributed by atoms with Crippen LogP contribution in [-0.4, -0.2) is 22.3 Å². The van der Waals surface area contributed by atoms with Crippen molar-refractivity contribution < 1.29 is 40.8 Å². The molecular formula is C20H26CrO5Si. The minimum Gasteiger partial charge on any atom is 0 e. The number of benzene rings is 1. The molecule has 0 atom stereocenters. The summed E-state index contributed by atoms with van der Waals surface area (Å²) in [4.78, 5) is 0. The summed E-state index contributed by atoms with van der Waals surface area (Å²) in [6, 6.07) is 2.37. The van der Waals surface area contributed by atoms with Crippen molar-refractivity contribution in [2.24, 2.45) is 0 Å². The van der Waals surface area contributed by atoms with E-state index >= 15 is 0 Å². The van der Waals surface area contributed by atoms with Gasteiger partial charge in [0, 0.05) is 22.9 Å². The van der Waals surface area contributed by atoms with E-state index in [2.05, 4.69) is 58.7 Å². The predicted octanol–water partition coefficient (Wildman–Crippen LogP) is 3.87. The van der Waals surface area contributed by atoms with Crippen molar-refractivity contribution in [2.75, 3.05) is 14.2 Å². The van der Waals surface area contributed by atoms with Crippen LogP contribution in [0.25, 0.3) is 5.57 Å². The summed E-state index contributed by atoms with van der Waals surface area (Å²) in [7, 11) is 2.04. The molecule has 7 heteroatoms. The number of ether oxygens (including phenoxy) is 2. The summed E-state index contributed by atoms with van der Waals surface area (Å²) in [5.74, 6) is 1.92. The molecule has 1 aliphatic rings. The van der Waals surface area contributed by atoms with Crippen molar-refractivity contribution in [2.45, 2.75) is 45.8 Å². The molecule has 146 valence electrons. The van der Waals surface area contributed by atoms with Crippen molar-refractivity contribution in [3.8, 4) is 11.5 Å². The summed E-state index contributed by atoms with van der Waals surface area (Å²) < 4.78 is 34.0. The molecule has 2 rings (SSSR count). The fourth-order valence-electron chi connectivity index (χ4n) is 3.08. The second-order valence-corrected chi connectivity index (χ2v) is 11.5.